The van der Waals surface area contributed by atoms with Crippen LogP contribution < -0.4 is 0 Å². The lowest BCUT2D eigenvalue weighted by Crippen LogP contribution is -2.19. The summed E-state index contributed by atoms with van der Waals surface area (Å²) >= 11 is 0. The molecule has 0 aliphatic heterocycles. The van der Waals surface area contributed by atoms with Gasteiger partial charge in [0.1, 0.15) is 0 Å². The highest BCUT2D eigenvalue weighted by Gasteiger charge is 2.25. The maximum atomic E-state index is 2.53. The van der Waals surface area contributed by atoms with E-state index < -0.39 is 0 Å². The van der Waals surface area contributed by atoms with Gasteiger partial charge in [0.2, 0.25) is 0 Å². The first-order valence-corrected chi connectivity index (χ1v) is 8.09. The third-order valence-corrected chi connectivity index (χ3v) is 5.22. The molecule has 0 aromatic rings. The third kappa shape index (κ3) is 5.44. The second-order valence-electron chi connectivity index (χ2n) is 6.92. The van der Waals surface area contributed by atoms with Gasteiger partial charge < -0.3 is 0 Å². The Labute approximate surface area is 110 Å². The third-order valence-electron chi connectivity index (χ3n) is 5.22. The van der Waals surface area contributed by atoms with Crippen LogP contribution in [0.3, 0.4) is 0 Å². The summed E-state index contributed by atoms with van der Waals surface area (Å²) in [5, 5.41) is 0. The van der Waals surface area contributed by atoms with Gasteiger partial charge >= 0.3 is 0 Å². The molecule has 0 aromatic carbocycles. The first-order valence-electron chi connectivity index (χ1n) is 8.09. The fourth-order valence-corrected chi connectivity index (χ4v) is 3.66. The number of rotatable bonds is 2. The smallest absolute Gasteiger partial charge is 0.0326 e. The molecule has 1 saturated carbocycles. The minimum atomic E-state index is 0.627. The van der Waals surface area contributed by atoms with Crippen molar-refractivity contribution in [2.45, 2.75) is 91.9 Å². The summed E-state index contributed by atoms with van der Waals surface area (Å²) in [6.45, 7) is 9.78. The Bertz CT molecular complexity index is 196. The second-order valence-corrected chi connectivity index (χ2v) is 6.92. The van der Waals surface area contributed by atoms with E-state index in [9.17, 15) is 0 Å². The molecule has 0 nitrogen and oxygen atoms in total. The second kappa shape index (κ2) is 7.44. The van der Waals surface area contributed by atoms with Crippen molar-refractivity contribution in [3.63, 3.8) is 0 Å². The Kier molecular flexibility index (Phi) is 6.59. The zero-order valence-corrected chi connectivity index (χ0v) is 12.7. The molecule has 0 heteroatoms. The van der Waals surface area contributed by atoms with Gasteiger partial charge in [0, 0.05) is 0 Å². The summed E-state index contributed by atoms with van der Waals surface area (Å²) in [6.07, 6.45) is 14.6. The SMILES string of the molecule is CCC1CCCCC(C)CC(C)(CC)CCC1. The molecule has 1 aliphatic rings. The maximum Gasteiger partial charge on any atom is -0.0326 e. The van der Waals surface area contributed by atoms with Gasteiger partial charge in [0.25, 0.3) is 0 Å². The molecule has 1 aliphatic carbocycles. The van der Waals surface area contributed by atoms with Crippen molar-refractivity contribution in [3.05, 3.63) is 0 Å². The first kappa shape index (κ1) is 15.1. The van der Waals surface area contributed by atoms with Crippen LogP contribution in [0.2, 0.25) is 0 Å². The summed E-state index contributed by atoms with van der Waals surface area (Å²) in [6, 6.07) is 0. The fourth-order valence-electron chi connectivity index (χ4n) is 3.66. The van der Waals surface area contributed by atoms with Gasteiger partial charge in [0.05, 0.1) is 0 Å². The molecule has 3 atom stereocenters. The Morgan fingerprint density at radius 3 is 2.29 bits per heavy atom. The Morgan fingerprint density at radius 1 is 1.00 bits per heavy atom. The van der Waals surface area contributed by atoms with Crippen molar-refractivity contribution in [2.75, 3.05) is 0 Å². The number of hydrogen-bond donors (Lipinski definition) is 0. The van der Waals surface area contributed by atoms with E-state index in [0.717, 1.165) is 11.8 Å². The summed E-state index contributed by atoms with van der Waals surface area (Å²) < 4.78 is 0. The molecule has 1 fully saturated rings. The molecular weight excluding hydrogens is 204 g/mol. The van der Waals surface area contributed by atoms with Crippen LogP contribution in [-0.2, 0) is 0 Å². The van der Waals surface area contributed by atoms with Crippen LogP contribution in [-0.4, -0.2) is 0 Å². The molecule has 0 bridgehead atoms. The molecule has 0 radical (unpaired) electrons. The molecule has 0 N–H and O–H groups in total. The van der Waals surface area contributed by atoms with Crippen molar-refractivity contribution in [1.29, 1.82) is 0 Å². The zero-order valence-electron chi connectivity index (χ0n) is 12.7. The molecule has 0 aromatic heterocycles. The van der Waals surface area contributed by atoms with E-state index in [1.807, 2.05) is 0 Å². The van der Waals surface area contributed by atoms with Gasteiger partial charge in [-0.05, 0) is 30.1 Å². The van der Waals surface area contributed by atoms with E-state index in [2.05, 4.69) is 27.7 Å². The largest absolute Gasteiger partial charge is 0.0651 e. The summed E-state index contributed by atoms with van der Waals surface area (Å²) in [4.78, 5) is 0. The average Bonchev–Trinajstić information content (AvgIpc) is 2.34. The van der Waals surface area contributed by atoms with Crippen LogP contribution in [0.4, 0.5) is 0 Å². The average molecular weight is 238 g/mol. The lowest BCUT2D eigenvalue weighted by molar-refractivity contribution is 0.205. The van der Waals surface area contributed by atoms with E-state index in [-0.39, 0.29) is 0 Å². The summed E-state index contributed by atoms with van der Waals surface area (Å²) in [7, 11) is 0. The van der Waals surface area contributed by atoms with Crippen LogP contribution in [0, 0.1) is 17.3 Å². The Hall–Kier alpha value is 0. The topological polar surface area (TPSA) is 0 Å². The minimum Gasteiger partial charge on any atom is -0.0651 e. The molecule has 3 unspecified atom stereocenters. The monoisotopic (exact) mass is 238 g/mol. The minimum absolute atomic E-state index is 0.627. The lowest BCUT2D eigenvalue weighted by atomic mass is 9.74. The zero-order chi connectivity index (χ0) is 12.7. The van der Waals surface area contributed by atoms with Gasteiger partial charge in [-0.1, -0.05) is 79.1 Å². The van der Waals surface area contributed by atoms with Gasteiger partial charge in [-0.2, -0.15) is 0 Å². The molecule has 0 spiro atoms. The van der Waals surface area contributed by atoms with Crippen LogP contribution in [0.1, 0.15) is 91.9 Å². The van der Waals surface area contributed by atoms with Crippen molar-refractivity contribution >= 4 is 0 Å². The van der Waals surface area contributed by atoms with E-state index >= 15 is 0 Å². The quantitative estimate of drug-likeness (QED) is 0.537. The number of hydrogen-bond acceptors (Lipinski definition) is 0. The van der Waals surface area contributed by atoms with Crippen molar-refractivity contribution in [3.8, 4) is 0 Å². The van der Waals surface area contributed by atoms with Crippen molar-refractivity contribution in [1.82, 2.24) is 0 Å². The standard InChI is InChI=1S/C17H34/c1-5-16-11-8-7-10-15(3)14-17(4,6-2)13-9-12-16/h15-16H,5-14H2,1-4H3. The first-order chi connectivity index (χ1) is 8.09. The molecular formula is C17H34. The van der Waals surface area contributed by atoms with Gasteiger partial charge in [0.15, 0.2) is 0 Å². The van der Waals surface area contributed by atoms with E-state index in [1.54, 1.807) is 0 Å². The van der Waals surface area contributed by atoms with Crippen LogP contribution in [0.5, 0.6) is 0 Å². The maximum absolute atomic E-state index is 2.53. The highest BCUT2D eigenvalue weighted by molar-refractivity contribution is 4.77. The summed E-state index contributed by atoms with van der Waals surface area (Å²) in [5.74, 6) is 1.96. The highest BCUT2D eigenvalue weighted by Crippen LogP contribution is 2.38. The van der Waals surface area contributed by atoms with Crippen molar-refractivity contribution < 1.29 is 0 Å². The lowest BCUT2D eigenvalue weighted by Gasteiger charge is -2.31. The molecule has 17 heavy (non-hydrogen) atoms. The highest BCUT2D eigenvalue weighted by atomic mass is 14.3. The van der Waals surface area contributed by atoms with Gasteiger partial charge in [-0.3, -0.25) is 0 Å². The molecule has 0 saturated heterocycles. The molecule has 1 rings (SSSR count). The van der Waals surface area contributed by atoms with Gasteiger partial charge in [-0.25, -0.2) is 0 Å². The Balaban J connectivity index is 2.55. The van der Waals surface area contributed by atoms with E-state index in [4.69, 9.17) is 0 Å². The predicted octanol–water partition coefficient (Wildman–Crippen LogP) is 6.20. The van der Waals surface area contributed by atoms with Crippen LogP contribution in [0.25, 0.3) is 0 Å². The van der Waals surface area contributed by atoms with E-state index in [0.29, 0.717) is 5.41 Å². The Morgan fingerprint density at radius 2 is 1.65 bits per heavy atom. The van der Waals surface area contributed by atoms with E-state index in [1.165, 1.54) is 64.2 Å². The van der Waals surface area contributed by atoms with Crippen LogP contribution in [0.15, 0.2) is 0 Å². The predicted molar refractivity (Wildman–Crippen MR) is 78.3 cm³/mol. The molecule has 0 amide bonds. The normalized spacial score (nSPS) is 37.4. The summed E-state index contributed by atoms with van der Waals surface area (Å²) in [5.41, 5.74) is 0.627. The van der Waals surface area contributed by atoms with Crippen LogP contribution >= 0.6 is 0 Å². The molecule has 102 valence electrons. The fraction of sp³-hybridized carbons (Fsp3) is 1.00. The molecule has 0 heterocycles. The van der Waals surface area contributed by atoms with Crippen molar-refractivity contribution in [2.24, 2.45) is 17.3 Å². The van der Waals surface area contributed by atoms with Gasteiger partial charge in [-0.15, -0.1) is 0 Å².